The SMILES string of the molecule is Cc1nc2nc(C(F)(F)F)nn2c(C)c1CC(=O)Nc1ccc(-c2nccs2)cc1. The summed E-state index contributed by atoms with van der Waals surface area (Å²) in [4.78, 5) is 24.3. The lowest BCUT2D eigenvalue weighted by Gasteiger charge is -2.11. The summed E-state index contributed by atoms with van der Waals surface area (Å²) in [5, 5.41) is 9.04. The van der Waals surface area contributed by atoms with Crippen LogP contribution in [-0.2, 0) is 17.4 Å². The van der Waals surface area contributed by atoms with E-state index in [-0.39, 0.29) is 18.1 Å². The number of thiazole rings is 1. The maximum Gasteiger partial charge on any atom is 0.453 e. The zero-order valence-electron chi connectivity index (χ0n) is 15.9. The monoisotopic (exact) mass is 432 g/mol. The van der Waals surface area contributed by atoms with Gasteiger partial charge in [-0.1, -0.05) is 0 Å². The number of rotatable bonds is 4. The van der Waals surface area contributed by atoms with Crippen molar-refractivity contribution in [1.29, 1.82) is 0 Å². The van der Waals surface area contributed by atoms with Gasteiger partial charge in [0.1, 0.15) is 5.01 Å². The molecule has 3 heterocycles. The molecule has 0 atom stereocenters. The molecule has 1 amide bonds. The van der Waals surface area contributed by atoms with Gasteiger partial charge in [-0.05, 0) is 38.1 Å². The average molecular weight is 432 g/mol. The standard InChI is InChI=1S/C19H15F3N6OS/c1-10-14(11(2)28-18(24-10)26-17(27-28)19(20,21)22)9-15(29)25-13-5-3-12(4-6-13)16-23-7-8-30-16/h3-8H,9H2,1-2H3,(H,25,29). The van der Waals surface area contributed by atoms with E-state index in [1.54, 1.807) is 32.2 Å². The highest BCUT2D eigenvalue weighted by Crippen LogP contribution is 2.27. The first-order valence-corrected chi connectivity index (χ1v) is 9.70. The summed E-state index contributed by atoms with van der Waals surface area (Å²) in [5.41, 5.74) is 2.85. The molecule has 0 saturated heterocycles. The van der Waals surface area contributed by atoms with E-state index in [0.29, 0.717) is 22.6 Å². The van der Waals surface area contributed by atoms with E-state index in [1.807, 2.05) is 17.5 Å². The summed E-state index contributed by atoms with van der Waals surface area (Å²) in [7, 11) is 0. The van der Waals surface area contributed by atoms with Gasteiger partial charge in [-0.25, -0.2) is 14.5 Å². The molecule has 30 heavy (non-hydrogen) atoms. The molecule has 0 fully saturated rings. The first-order valence-electron chi connectivity index (χ1n) is 8.82. The molecule has 0 aliphatic carbocycles. The molecule has 1 aromatic carbocycles. The number of halogens is 3. The lowest BCUT2D eigenvalue weighted by Crippen LogP contribution is -2.17. The highest BCUT2D eigenvalue weighted by atomic mass is 32.1. The second kappa shape index (κ2) is 7.48. The van der Waals surface area contributed by atoms with Crippen LogP contribution in [-0.4, -0.2) is 30.5 Å². The first kappa shape index (κ1) is 20.0. The number of benzene rings is 1. The Morgan fingerprint density at radius 2 is 1.90 bits per heavy atom. The van der Waals surface area contributed by atoms with Gasteiger partial charge in [-0.15, -0.1) is 16.4 Å². The van der Waals surface area contributed by atoms with Crippen molar-refractivity contribution in [1.82, 2.24) is 24.6 Å². The van der Waals surface area contributed by atoms with Gasteiger partial charge in [0.15, 0.2) is 0 Å². The van der Waals surface area contributed by atoms with Gasteiger partial charge in [0.25, 0.3) is 11.6 Å². The summed E-state index contributed by atoms with van der Waals surface area (Å²) in [6.45, 7) is 3.21. The maximum atomic E-state index is 12.9. The minimum absolute atomic E-state index is 0.0595. The Morgan fingerprint density at radius 1 is 1.17 bits per heavy atom. The predicted octanol–water partition coefficient (Wildman–Crippen LogP) is 4.06. The van der Waals surface area contributed by atoms with E-state index in [1.165, 1.54) is 11.3 Å². The zero-order chi connectivity index (χ0) is 21.5. The van der Waals surface area contributed by atoms with Crippen LogP contribution in [0.5, 0.6) is 0 Å². The maximum absolute atomic E-state index is 12.9. The van der Waals surface area contributed by atoms with E-state index in [2.05, 4.69) is 25.4 Å². The van der Waals surface area contributed by atoms with E-state index in [0.717, 1.165) is 15.1 Å². The number of amides is 1. The molecule has 4 aromatic rings. The van der Waals surface area contributed by atoms with Crippen LogP contribution >= 0.6 is 11.3 Å². The minimum atomic E-state index is -4.67. The van der Waals surface area contributed by atoms with Crippen molar-refractivity contribution in [3.05, 3.63) is 58.6 Å². The van der Waals surface area contributed by atoms with Crippen LogP contribution in [0.15, 0.2) is 35.8 Å². The number of aromatic nitrogens is 5. The molecular formula is C19H15F3N6OS. The molecule has 0 radical (unpaired) electrons. The van der Waals surface area contributed by atoms with Crippen molar-refractivity contribution in [2.45, 2.75) is 26.4 Å². The van der Waals surface area contributed by atoms with Crippen LogP contribution in [0.4, 0.5) is 18.9 Å². The van der Waals surface area contributed by atoms with Crippen LogP contribution in [0.3, 0.4) is 0 Å². The van der Waals surface area contributed by atoms with Crippen molar-refractivity contribution < 1.29 is 18.0 Å². The Balaban J connectivity index is 1.54. The molecule has 0 bridgehead atoms. The van der Waals surface area contributed by atoms with E-state index >= 15 is 0 Å². The third-order valence-corrected chi connectivity index (χ3v) is 5.31. The van der Waals surface area contributed by atoms with Crippen LogP contribution in [0.25, 0.3) is 16.3 Å². The quantitative estimate of drug-likeness (QED) is 0.526. The van der Waals surface area contributed by atoms with Gasteiger partial charge in [-0.3, -0.25) is 4.79 Å². The van der Waals surface area contributed by atoms with E-state index < -0.39 is 12.0 Å². The van der Waals surface area contributed by atoms with Gasteiger partial charge in [-0.2, -0.15) is 18.2 Å². The van der Waals surface area contributed by atoms with Crippen molar-refractivity contribution in [2.24, 2.45) is 0 Å². The molecule has 0 saturated carbocycles. The summed E-state index contributed by atoms with van der Waals surface area (Å²) in [6, 6.07) is 7.24. The highest BCUT2D eigenvalue weighted by molar-refractivity contribution is 7.13. The second-order valence-electron chi connectivity index (χ2n) is 6.55. The fourth-order valence-corrected chi connectivity index (χ4v) is 3.66. The first-order chi connectivity index (χ1) is 14.2. The fourth-order valence-electron chi connectivity index (χ4n) is 3.01. The Kier molecular flexibility index (Phi) is 4.98. The van der Waals surface area contributed by atoms with E-state index in [9.17, 15) is 18.0 Å². The minimum Gasteiger partial charge on any atom is -0.326 e. The third kappa shape index (κ3) is 3.88. The number of alkyl halides is 3. The third-order valence-electron chi connectivity index (χ3n) is 4.49. The van der Waals surface area contributed by atoms with Crippen molar-refractivity contribution in [3.8, 4) is 10.6 Å². The number of anilines is 1. The second-order valence-corrected chi connectivity index (χ2v) is 7.44. The predicted molar refractivity (Wildman–Crippen MR) is 105 cm³/mol. The normalized spacial score (nSPS) is 11.8. The summed E-state index contributed by atoms with van der Waals surface area (Å²) >= 11 is 1.52. The van der Waals surface area contributed by atoms with Gasteiger partial charge in [0.2, 0.25) is 5.91 Å². The number of nitrogens with one attached hydrogen (secondary N) is 1. The number of carbonyl (C=O) groups is 1. The van der Waals surface area contributed by atoms with Crippen LogP contribution < -0.4 is 5.32 Å². The molecule has 0 spiro atoms. The molecular weight excluding hydrogens is 417 g/mol. The molecule has 0 unspecified atom stereocenters. The Hall–Kier alpha value is -3.34. The number of nitrogens with zero attached hydrogens (tertiary/aromatic N) is 5. The van der Waals surface area contributed by atoms with Crippen LogP contribution in [0.1, 0.15) is 22.8 Å². The van der Waals surface area contributed by atoms with Crippen molar-refractivity contribution in [2.75, 3.05) is 5.32 Å². The van der Waals surface area contributed by atoms with Gasteiger partial charge in [0, 0.05) is 39.8 Å². The largest absolute Gasteiger partial charge is 0.453 e. The molecule has 11 heteroatoms. The molecule has 0 aliphatic rings. The van der Waals surface area contributed by atoms with Gasteiger partial charge < -0.3 is 5.32 Å². The molecule has 1 N–H and O–H groups in total. The van der Waals surface area contributed by atoms with E-state index in [4.69, 9.17) is 0 Å². The fraction of sp³-hybridized carbons (Fsp3) is 0.211. The number of hydrogen-bond acceptors (Lipinski definition) is 6. The van der Waals surface area contributed by atoms with Crippen molar-refractivity contribution in [3.63, 3.8) is 0 Å². The van der Waals surface area contributed by atoms with Crippen molar-refractivity contribution >= 4 is 28.7 Å². The Labute approximate surface area is 172 Å². The summed E-state index contributed by atoms with van der Waals surface area (Å²) in [6.07, 6.45) is -3.01. The van der Waals surface area contributed by atoms with Crippen LogP contribution in [0.2, 0.25) is 0 Å². The number of carbonyl (C=O) groups excluding carboxylic acids is 1. The lowest BCUT2D eigenvalue weighted by atomic mass is 10.1. The topological polar surface area (TPSA) is 85.1 Å². The van der Waals surface area contributed by atoms with Gasteiger partial charge >= 0.3 is 6.18 Å². The lowest BCUT2D eigenvalue weighted by molar-refractivity contribution is -0.144. The van der Waals surface area contributed by atoms with Crippen LogP contribution in [0, 0.1) is 13.8 Å². The number of aryl methyl sites for hydroxylation is 2. The summed E-state index contributed by atoms with van der Waals surface area (Å²) < 4.78 is 39.7. The molecule has 0 aliphatic heterocycles. The molecule has 7 nitrogen and oxygen atoms in total. The molecule has 3 aromatic heterocycles. The number of fused-ring (bicyclic) bond motifs is 1. The smallest absolute Gasteiger partial charge is 0.326 e. The summed E-state index contributed by atoms with van der Waals surface area (Å²) in [5.74, 6) is -1.74. The Bertz CT molecular complexity index is 1220. The molecule has 4 rings (SSSR count). The zero-order valence-corrected chi connectivity index (χ0v) is 16.7. The average Bonchev–Trinajstić information content (AvgIpc) is 3.35. The van der Waals surface area contributed by atoms with Gasteiger partial charge in [0.05, 0.1) is 6.42 Å². The Morgan fingerprint density at radius 3 is 2.53 bits per heavy atom. The molecule has 154 valence electrons. The highest BCUT2D eigenvalue weighted by Gasteiger charge is 2.37. The number of hydrogen-bond donors (Lipinski definition) is 1.